The Balaban J connectivity index is 0.00000121. The van der Waals surface area contributed by atoms with Gasteiger partial charge in [0.25, 0.3) is 0 Å². The third kappa shape index (κ3) is 5.47. The lowest BCUT2D eigenvalue weighted by Gasteiger charge is -2.13. The molecule has 0 bridgehead atoms. The number of hydrogen-bond acceptors (Lipinski definition) is 3. The van der Waals surface area contributed by atoms with E-state index in [0.29, 0.717) is 6.54 Å². The molecular formula is C12H22N2O3. The lowest BCUT2D eigenvalue weighted by Crippen LogP contribution is -2.40. The van der Waals surface area contributed by atoms with Crippen molar-refractivity contribution < 1.29 is 14.4 Å². The third-order valence-corrected chi connectivity index (χ3v) is 2.31. The van der Waals surface area contributed by atoms with Crippen LogP contribution in [0.25, 0.3) is 0 Å². The molecule has 1 rings (SSSR count). The fourth-order valence-electron chi connectivity index (χ4n) is 1.40. The fourth-order valence-corrected chi connectivity index (χ4v) is 1.40. The minimum Gasteiger partial charge on any atom is -0.355 e. The minimum atomic E-state index is -0.257. The van der Waals surface area contributed by atoms with Crippen LogP contribution in [0.3, 0.4) is 0 Å². The SMILES string of the molecule is CC.CCCCNC(=O)CN1C(=O)CCC1=O. The van der Waals surface area contributed by atoms with Gasteiger partial charge >= 0.3 is 0 Å². The highest BCUT2D eigenvalue weighted by Crippen LogP contribution is 2.10. The maximum Gasteiger partial charge on any atom is 0.240 e. The summed E-state index contributed by atoms with van der Waals surface area (Å²) in [4.78, 5) is 34.7. The summed E-state index contributed by atoms with van der Waals surface area (Å²) in [6, 6.07) is 0. The van der Waals surface area contributed by atoms with Gasteiger partial charge in [0, 0.05) is 19.4 Å². The van der Waals surface area contributed by atoms with Gasteiger partial charge in [0.15, 0.2) is 0 Å². The van der Waals surface area contributed by atoms with Crippen molar-refractivity contribution in [1.82, 2.24) is 10.2 Å². The van der Waals surface area contributed by atoms with Gasteiger partial charge in [0.05, 0.1) is 0 Å². The number of imide groups is 1. The normalized spacial score (nSPS) is 14.4. The molecule has 0 spiro atoms. The van der Waals surface area contributed by atoms with Gasteiger partial charge in [-0.05, 0) is 6.42 Å². The highest BCUT2D eigenvalue weighted by Gasteiger charge is 2.30. The van der Waals surface area contributed by atoms with Crippen LogP contribution in [0.4, 0.5) is 0 Å². The van der Waals surface area contributed by atoms with Gasteiger partial charge in [-0.3, -0.25) is 19.3 Å². The van der Waals surface area contributed by atoms with Gasteiger partial charge in [-0.15, -0.1) is 0 Å². The molecule has 1 aliphatic rings. The summed E-state index contributed by atoms with van der Waals surface area (Å²) in [6.45, 7) is 6.51. The number of carbonyl (C=O) groups is 3. The molecule has 5 nitrogen and oxygen atoms in total. The number of hydrogen-bond donors (Lipinski definition) is 1. The second kappa shape index (κ2) is 8.73. The number of nitrogens with one attached hydrogen (secondary N) is 1. The molecule has 3 amide bonds. The lowest BCUT2D eigenvalue weighted by molar-refractivity contribution is -0.142. The molecule has 98 valence electrons. The van der Waals surface area contributed by atoms with Gasteiger partial charge in [0.2, 0.25) is 17.7 Å². The molecule has 0 radical (unpaired) electrons. The Kier molecular flexibility index (Phi) is 8.01. The predicted molar refractivity (Wildman–Crippen MR) is 65.2 cm³/mol. The highest BCUT2D eigenvalue weighted by molar-refractivity contribution is 6.04. The maximum atomic E-state index is 11.3. The second-order valence-electron chi connectivity index (χ2n) is 3.58. The van der Waals surface area contributed by atoms with E-state index >= 15 is 0 Å². The van der Waals surface area contributed by atoms with Crippen molar-refractivity contribution in [3.8, 4) is 0 Å². The number of likely N-dealkylation sites (tertiary alicyclic amines) is 1. The van der Waals surface area contributed by atoms with E-state index in [0.717, 1.165) is 17.7 Å². The van der Waals surface area contributed by atoms with Crippen molar-refractivity contribution in [3.63, 3.8) is 0 Å². The van der Waals surface area contributed by atoms with E-state index in [1.807, 2.05) is 20.8 Å². The summed E-state index contributed by atoms with van der Waals surface area (Å²) in [7, 11) is 0. The largest absolute Gasteiger partial charge is 0.355 e. The molecule has 0 aromatic carbocycles. The van der Waals surface area contributed by atoms with Gasteiger partial charge in [0.1, 0.15) is 6.54 Å². The topological polar surface area (TPSA) is 66.5 Å². The quantitative estimate of drug-likeness (QED) is 0.579. The Bertz CT molecular complexity index is 261. The minimum absolute atomic E-state index is 0.124. The van der Waals surface area contributed by atoms with Crippen LogP contribution >= 0.6 is 0 Å². The Morgan fingerprint density at radius 3 is 2.24 bits per heavy atom. The average molecular weight is 242 g/mol. The van der Waals surface area contributed by atoms with E-state index < -0.39 is 0 Å². The number of rotatable bonds is 5. The molecule has 5 heteroatoms. The molecule has 17 heavy (non-hydrogen) atoms. The van der Waals surface area contributed by atoms with Crippen molar-refractivity contribution in [1.29, 1.82) is 0 Å². The number of carbonyl (C=O) groups excluding carboxylic acids is 3. The summed E-state index contributed by atoms with van der Waals surface area (Å²) in [5, 5.41) is 2.67. The first-order valence-electron chi connectivity index (χ1n) is 6.25. The van der Waals surface area contributed by atoms with Gasteiger partial charge in [-0.1, -0.05) is 27.2 Å². The Morgan fingerprint density at radius 2 is 1.76 bits per heavy atom. The number of nitrogens with zero attached hydrogens (tertiary/aromatic N) is 1. The molecule has 0 aromatic rings. The Morgan fingerprint density at radius 1 is 1.24 bits per heavy atom. The molecule has 0 atom stereocenters. The fraction of sp³-hybridized carbons (Fsp3) is 0.750. The van der Waals surface area contributed by atoms with Gasteiger partial charge in [-0.2, -0.15) is 0 Å². The Hall–Kier alpha value is -1.39. The van der Waals surface area contributed by atoms with Crippen molar-refractivity contribution in [3.05, 3.63) is 0 Å². The molecule has 1 aliphatic heterocycles. The summed E-state index contributed by atoms with van der Waals surface area (Å²) < 4.78 is 0. The van der Waals surface area contributed by atoms with Crippen molar-refractivity contribution in [2.24, 2.45) is 0 Å². The molecule has 0 aromatic heterocycles. The molecule has 1 N–H and O–H groups in total. The lowest BCUT2D eigenvalue weighted by atomic mass is 10.3. The first-order chi connectivity index (χ1) is 8.15. The van der Waals surface area contributed by atoms with Gasteiger partial charge in [-0.25, -0.2) is 0 Å². The molecule has 1 fully saturated rings. The smallest absolute Gasteiger partial charge is 0.240 e. The first kappa shape index (κ1) is 15.6. The summed E-state index contributed by atoms with van der Waals surface area (Å²) in [5.74, 6) is -0.747. The van der Waals surface area contributed by atoms with Crippen molar-refractivity contribution >= 4 is 17.7 Å². The van der Waals surface area contributed by atoms with Crippen molar-refractivity contribution in [2.75, 3.05) is 13.1 Å². The van der Waals surface area contributed by atoms with Crippen LogP contribution in [0.2, 0.25) is 0 Å². The van der Waals surface area contributed by atoms with Crippen LogP contribution in [-0.4, -0.2) is 35.7 Å². The van der Waals surface area contributed by atoms with E-state index in [9.17, 15) is 14.4 Å². The Labute approximate surface area is 103 Å². The standard InChI is InChI=1S/C10H16N2O3.C2H6/c1-2-3-6-11-8(13)7-12-9(14)4-5-10(12)15;1-2/h2-7H2,1H3,(H,11,13);1-2H3. The van der Waals surface area contributed by atoms with Crippen LogP contribution in [-0.2, 0) is 14.4 Å². The van der Waals surface area contributed by atoms with Crippen LogP contribution in [0.5, 0.6) is 0 Å². The van der Waals surface area contributed by atoms with Gasteiger partial charge < -0.3 is 5.32 Å². The summed E-state index contributed by atoms with van der Waals surface area (Å²) in [6.07, 6.45) is 2.39. The van der Waals surface area contributed by atoms with Crippen molar-refractivity contribution in [2.45, 2.75) is 46.5 Å². The van der Waals surface area contributed by atoms with Crippen LogP contribution in [0, 0.1) is 0 Å². The van der Waals surface area contributed by atoms with Crippen LogP contribution < -0.4 is 5.32 Å². The maximum absolute atomic E-state index is 11.3. The van der Waals surface area contributed by atoms with E-state index in [1.54, 1.807) is 0 Å². The molecule has 0 saturated carbocycles. The monoisotopic (exact) mass is 242 g/mol. The number of amides is 3. The summed E-state index contributed by atoms with van der Waals surface area (Å²) in [5.41, 5.74) is 0. The van der Waals surface area contributed by atoms with E-state index in [2.05, 4.69) is 5.32 Å². The second-order valence-corrected chi connectivity index (χ2v) is 3.58. The zero-order valence-corrected chi connectivity index (χ0v) is 10.9. The third-order valence-electron chi connectivity index (χ3n) is 2.31. The predicted octanol–water partition coefficient (Wildman–Crippen LogP) is 1.08. The molecule has 1 saturated heterocycles. The molecular weight excluding hydrogens is 220 g/mol. The first-order valence-corrected chi connectivity index (χ1v) is 6.25. The molecule has 1 heterocycles. The highest BCUT2D eigenvalue weighted by atomic mass is 16.2. The van der Waals surface area contributed by atoms with E-state index in [-0.39, 0.29) is 37.1 Å². The van der Waals surface area contributed by atoms with E-state index in [1.165, 1.54) is 0 Å². The zero-order chi connectivity index (χ0) is 13.3. The molecule has 0 unspecified atom stereocenters. The number of unbranched alkanes of at least 4 members (excludes halogenated alkanes) is 1. The zero-order valence-electron chi connectivity index (χ0n) is 10.9. The molecule has 0 aliphatic carbocycles. The van der Waals surface area contributed by atoms with E-state index in [4.69, 9.17) is 0 Å². The van der Waals surface area contributed by atoms with Crippen LogP contribution in [0.1, 0.15) is 46.5 Å². The van der Waals surface area contributed by atoms with Crippen LogP contribution in [0.15, 0.2) is 0 Å². The summed E-state index contributed by atoms with van der Waals surface area (Å²) >= 11 is 0. The average Bonchev–Trinajstić information content (AvgIpc) is 2.64.